The fourth-order valence-corrected chi connectivity index (χ4v) is 2.62. The molecule has 9 nitrogen and oxygen atoms in total. The molecule has 0 saturated carbocycles. The van der Waals surface area contributed by atoms with Gasteiger partial charge in [-0.1, -0.05) is 11.8 Å². The van der Waals surface area contributed by atoms with E-state index < -0.39 is 18.0 Å². The highest BCUT2D eigenvalue weighted by Gasteiger charge is 2.25. The van der Waals surface area contributed by atoms with E-state index in [0.717, 1.165) is 0 Å². The van der Waals surface area contributed by atoms with E-state index in [2.05, 4.69) is 20.6 Å². The summed E-state index contributed by atoms with van der Waals surface area (Å²) in [6.07, 6.45) is 3.76. The smallest absolute Gasteiger partial charge is 0.408 e. The average molecular weight is 398 g/mol. The number of amides is 1. The molecule has 27 heavy (non-hydrogen) atoms. The van der Waals surface area contributed by atoms with E-state index in [9.17, 15) is 9.59 Å². The highest BCUT2D eigenvalue weighted by molar-refractivity contribution is 7.98. The van der Waals surface area contributed by atoms with Crippen molar-refractivity contribution in [3.8, 4) is 0 Å². The van der Waals surface area contributed by atoms with Crippen LogP contribution in [0.3, 0.4) is 0 Å². The number of carbonyl (C=O) groups is 2. The number of ether oxygens (including phenoxy) is 3. The lowest BCUT2D eigenvalue weighted by Crippen LogP contribution is -2.48. The summed E-state index contributed by atoms with van der Waals surface area (Å²) in [5.74, 6) is 0.490. The van der Waals surface area contributed by atoms with Gasteiger partial charge >= 0.3 is 6.09 Å². The first kappa shape index (κ1) is 21.4. The van der Waals surface area contributed by atoms with Crippen molar-refractivity contribution in [3.05, 3.63) is 11.8 Å². The summed E-state index contributed by atoms with van der Waals surface area (Å²) < 4.78 is 16.5. The summed E-state index contributed by atoms with van der Waals surface area (Å²) >= 11 is 1.40. The number of thioether (sulfide) groups is 1. The maximum absolute atomic E-state index is 11.8. The minimum atomic E-state index is -0.549. The lowest BCUT2D eigenvalue weighted by molar-refractivity contribution is -0.189. The van der Waals surface area contributed by atoms with Crippen LogP contribution >= 0.6 is 11.8 Å². The van der Waals surface area contributed by atoms with Crippen molar-refractivity contribution in [1.29, 1.82) is 0 Å². The number of anilines is 1. The van der Waals surface area contributed by atoms with E-state index >= 15 is 0 Å². The molecular formula is C17H26N4O5S. The molecule has 0 bridgehead atoms. The van der Waals surface area contributed by atoms with Gasteiger partial charge in [-0.05, 0) is 27.0 Å². The number of nitrogens with one attached hydrogen (secondary N) is 2. The van der Waals surface area contributed by atoms with Gasteiger partial charge in [-0.15, -0.1) is 0 Å². The Labute approximate surface area is 162 Å². The average Bonchev–Trinajstić information content (AvgIpc) is 2.61. The van der Waals surface area contributed by atoms with Crippen LogP contribution < -0.4 is 10.6 Å². The number of carbonyl (C=O) groups excluding carboxylic acids is 2. The van der Waals surface area contributed by atoms with Gasteiger partial charge in [0.15, 0.2) is 17.7 Å². The van der Waals surface area contributed by atoms with Crippen LogP contribution in [0.4, 0.5) is 10.6 Å². The lowest BCUT2D eigenvalue weighted by atomic mass is 10.2. The van der Waals surface area contributed by atoms with Gasteiger partial charge in [0.25, 0.3) is 0 Å². The van der Waals surface area contributed by atoms with Crippen LogP contribution in [0.2, 0.25) is 0 Å². The zero-order valence-electron chi connectivity index (χ0n) is 16.0. The number of nitrogens with zero attached hydrogens (tertiary/aromatic N) is 2. The molecule has 0 unspecified atom stereocenters. The number of rotatable bonds is 7. The second kappa shape index (κ2) is 9.86. The van der Waals surface area contributed by atoms with Crippen LogP contribution in [0.15, 0.2) is 11.4 Å². The van der Waals surface area contributed by atoms with E-state index in [1.165, 1.54) is 18.0 Å². The molecule has 0 aromatic carbocycles. The Balaban J connectivity index is 1.72. The second-order valence-corrected chi connectivity index (χ2v) is 7.71. The fourth-order valence-electron chi connectivity index (χ4n) is 2.28. The third-order valence-electron chi connectivity index (χ3n) is 3.46. The molecule has 2 rings (SSSR count). The van der Waals surface area contributed by atoms with Crippen molar-refractivity contribution in [1.82, 2.24) is 15.3 Å². The molecule has 1 saturated heterocycles. The van der Waals surface area contributed by atoms with Crippen molar-refractivity contribution < 1.29 is 23.8 Å². The highest BCUT2D eigenvalue weighted by Crippen LogP contribution is 2.16. The molecule has 0 aliphatic carbocycles. The van der Waals surface area contributed by atoms with Gasteiger partial charge < -0.3 is 24.8 Å². The zero-order valence-corrected chi connectivity index (χ0v) is 16.8. The summed E-state index contributed by atoms with van der Waals surface area (Å²) in [6, 6.07) is -0.253. The number of alkyl carbamates (subject to hydrolysis) is 1. The molecular weight excluding hydrogens is 372 g/mol. The third kappa shape index (κ3) is 7.31. The van der Waals surface area contributed by atoms with Gasteiger partial charge in [0.05, 0.1) is 24.8 Å². The molecule has 1 fully saturated rings. The largest absolute Gasteiger partial charge is 0.444 e. The van der Waals surface area contributed by atoms with E-state index in [-0.39, 0.29) is 6.04 Å². The van der Waals surface area contributed by atoms with Crippen LogP contribution in [0.1, 0.15) is 37.6 Å². The molecule has 0 radical (unpaired) electrons. The number of hydrogen-bond donors (Lipinski definition) is 2. The maximum Gasteiger partial charge on any atom is 0.408 e. The number of aromatic nitrogens is 2. The molecule has 10 heteroatoms. The van der Waals surface area contributed by atoms with Gasteiger partial charge in [-0.2, -0.15) is 0 Å². The third-order valence-corrected chi connectivity index (χ3v) is 4.03. The van der Waals surface area contributed by atoms with Gasteiger partial charge in [-0.3, -0.25) is 4.79 Å². The molecule has 1 aromatic rings. The number of hydrogen-bond acceptors (Lipinski definition) is 9. The first-order valence-corrected chi connectivity index (χ1v) is 9.86. The Kier molecular flexibility index (Phi) is 7.81. The molecule has 0 atom stereocenters. The summed E-state index contributed by atoms with van der Waals surface area (Å²) in [5, 5.41) is 6.42. The van der Waals surface area contributed by atoms with Crippen molar-refractivity contribution in [2.24, 2.45) is 0 Å². The predicted molar refractivity (Wildman–Crippen MR) is 101 cm³/mol. The van der Waals surface area contributed by atoms with Gasteiger partial charge in [-0.25, -0.2) is 14.8 Å². The first-order chi connectivity index (χ1) is 12.8. The Morgan fingerprint density at radius 2 is 2.11 bits per heavy atom. The Hall–Kier alpha value is -1.91. The van der Waals surface area contributed by atoms with Crippen LogP contribution in [0.25, 0.3) is 0 Å². The predicted octanol–water partition coefficient (Wildman–Crippen LogP) is 2.08. The molecule has 1 aliphatic heterocycles. The fraction of sp³-hybridized carbons (Fsp3) is 0.647. The minimum Gasteiger partial charge on any atom is -0.444 e. The second-order valence-electron chi connectivity index (χ2n) is 6.93. The Morgan fingerprint density at radius 3 is 2.70 bits per heavy atom. The van der Waals surface area contributed by atoms with Crippen molar-refractivity contribution >= 4 is 30.0 Å². The first-order valence-electron chi connectivity index (χ1n) is 8.63. The molecule has 0 spiro atoms. The van der Waals surface area contributed by atoms with Gasteiger partial charge in [0, 0.05) is 19.2 Å². The minimum absolute atomic E-state index is 0.253. The Bertz CT molecular complexity index is 645. The topological polar surface area (TPSA) is 112 Å². The molecule has 1 aromatic heterocycles. The van der Waals surface area contributed by atoms with E-state index in [0.29, 0.717) is 49.0 Å². The standard InChI is InChI=1S/C17H26N4O5S/c1-17(2,3)26-16(23)20-12-9-24-13(25-10-12)5-6-18-14-11(8-22)7-19-15(21-14)27-4/h7-8,12-13H,5-6,9-10H2,1-4H3,(H,20,23)(H,18,19,21). The van der Waals surface area contributed by atoms with Crippen LogP contribution in [0, 0.1) is 0 Å². The molecule has 150 valence electrons. The highest BCUT2D eigenvalue weighted by atomic mass is 32.2. The van der Waals surface area contributed by atoms with Crippen LogP contribution in [0.5, 0.6) is 0 Å². The summed E-state index contributed by atoms with van der Waals surface area (Å²) in [6.45, 7) is 6.61. The van der Waals surface area contributed by atoms with Crippen molar-refractivity contribution in [2.75, 3.05) is 31.3 Å². The maximum atomic E-state index is 11.8. The summed E-state index contributed by atoms with van der Waals surface area (Å²) in [5.41, 5.74) is -0.147. The van der Waals surface area contributed by atoms with Gasteiger partial charge in [0.2, 0.25) is 0 Å². The van der Waals surface area contributed by atoms with E-state index in [1.54, 1.807) is 20.8 Å². The quantitative estimate of drug-likeness (QED) is 0.405. The normalized spacial score (nSPS) is 20.0. The molecule has 1 aliphatic rings. The van der Waals surface area contributed by atoms with Crippen molar-refractivity contribution in [3.63, 3.8) is 0 Å². The monoisotopic (exact) mass is 398 g/mol. The Morgan fingerprint density at radius 1 is 1.41 bits per heavy atom. The SMILES string of the molecule is CSc1ncc(C=O)c(NCCC2OCC(NC(=O)OC(C)(C)C)CO2)n1. The van der Waals surface area contributed by atoms with Crippen LogP contribution in [-0.2, 0) is 14.2 Å². The molecule has 2 heterocycles. The van der Waals surface area contributed by atoms with Crippen molar-refractivity contribution in [2.45, 2.75) is 50.3 Å². The summed E-state index contributed by atoms with van der Waals surface area (Å²) in [4.78, 5) is 31.2. The zero-order chi connectivity index (χ0) is 19.9. The summed E-state index contributed by atoms with van der Waals surface area (Å²) in [7, 11) is 0. The van der Waals surface area contributed by atoms with Gasteiger partial charge in [0.1, 0.15) is 11.4 Å². The molecule has 2 N–H and O–H groups in total. The lowest BCUT2D eigenvalue weighted by Gasteiger charge is -2.30. The molecule has 1 amide bonds. The van der Waals surface area contributed by atoms with E-state index in [4.69, 9.17) is 14.2 Å². The van der Waals surface area contributed by atoms with E-state index in [1.807, 2.05) is 6.26 Å². The van der Waals surface area contributed by atoms with Crippen LogP contribution in [-0.4, -0.2) is 66.3 Å². The number of aldehydes is 1.